The quantitative estimate of drug-likeness (QED) is 0.573. The molecule has 0 bridgehead atoms. The molecule has 0 aliphatic heterocycles. The number of carbonyl (C=O) groups is 3. The molecule has 1 aromatic heterocycles. The van der Waals surface area contributed by atoms with Crippen LogP contribution in [0.25, 0.3) is 22.3 Å². The van der Waals surface area contributed by atoms with E-state index >= 15 is 0 Å². The zero-order chi connectivity index (χ0) is 23.3. The monoisotopic (exact) mass is 436 g/mol. The van der Waals surface area contributed by atoms with Gasteiger partial charge in [-0.2, -0.15) is 0 Å². The summed E-state index contributed by atoms with van der Waals surface area (Å²) in [7, 11) is 0. The van der Waals surface area contributed by atoms with Gasteiger partial charge in [-0.3, -0.25) is 14.9 Å². The lowest BCUT2D eigenvalue weighted by Crippen LogP contribution is -2.42. The number of hydrogen-bond donors (Lipinski definition) is 2. The van der Waals surface area contributed by atoms with Crippen LogP contribution in [0.2, 0.25) is 0 Å². The third-order valence-electron chi connectivity index (χ3n) is 4.66. The standard InChI is InChI=1S/C24H24N2O6/c1-14(2)12-25-24(30)26-19(27)13-31-23(29)18-11-7-10-17-20(28)15(3)21(32-22(17)18)16-8-5-4-6-9-16/h4-11,14H,12-13H2,1-3H3,(H2,25,26,27,30). The lowest BCUT2D eigenvalue weighted by molar-refractivity contribution is -0.123. The van der Waals surface area contributed by atoms with Crippen molar-refractivity contribution in [3.05, 3.63) is 69.9 Å². The SMILES string of the molecule is Cc1c(-c2ccccc2)oc2c(C(=O)OCC(=O)NC(=O)NCC(C)C)cccc2c1=O. The van der Waals surface area contributed by atoms with Crippen molar-refractivity contribution in [3.63, 3.8) is 0 Å². The fourth-order valence-corrected chi connectivity index (χ4v) is 3.05. The lowest BCUT2D eigenvalue weighted by Gasteiger charge is -2.11. The molecule has 32 heavy (non-hydrogen) atoms. The van der Waals surface area contributed by atoms with E-state index in [0.717, 1.165) is 0 Å². The summed E-state index contributed by atoms with van der Waals surface area (Å²) < 4.78 is 11.0. The summed E-state index contributed by atoms with van der Waals surface area (Å²) in [5.41, 5.74) is 0.926. The zero-order valence-corrected chi connectivity index (χ0v) is 18.1. The highest BCUT2D eigenvalue weighted by atomic mass is 16.5. The molecule has 1 heterocycles. The minimum absolute atomic E-state index is 0.00819. The second-order valence-corrected chi connectivity index (χ2v) is 7.66. The normalized spacial score (nSPS) is 10.8. The van der Waals surface area contributed by atoms with Gasteiger partial charge in [-0.1, -0.05) is 50.2 Å². The predicted molar refractivity (Wildman–Crippen MR) is 119 cm³/mol. The zero-order valence-electron chi connectivity index (χ0n) is 18.1. The molecule has 8 heteroatoms. The maximum atomic E-state index is 12.9. The number of rotatable bonds is 6. The summed E-state index contributed by atoms with van der Waals surface area (Å²) >= 11 is 0. The van der Waals surface area contributed by atoms with Crippen molar-refractivity contribution in [2.24, 2.45) is 5.92 Å². The minimum Gasteiger partial charge on any atom is -0.455 e. The van der Waals surface area contributed by atoms with Crippen LogP contribution in [-0.2, 0) is 9.53 Å². The highest BCUT2D eigenvalue weighted by molar-refractivity contribution is 6.03. The van der Waals surface area contributed by atoms with Crippen molar-refractivity contribution >= 4 is 28.9 Å². The lowest BCUT2D eigenvalue weighted by atomic mass is 10.0. The third-order valence-corrected chi connectivity index (χ3v) is 4.66. The topological polar surface area (TPSA) is 115 Å². The summed E-state index contributed by atoms with van der Waals surface area (Å²) in [4.78, 5) is 49.1. The van der Waals surface area contributed by atoms with E-state index in [2.05, 4.69) is 10.6 Å². The second-order valence-electron chi connectivity index (χ2n) is 7.66. The van der Waals surface area contributed by atoms with E-state index < -0.39 is 24.5 Å². The smallest absolute Gasteiger partial charge is 0.342 e. The van der Waals surface area contributed by atoms with E-state index in [9.17, 15) is 19.2 Å². The Hall–Kier alpha value is -3.94. The van der Waals surface area contributed by atoms with E-state index in [1.165, 1.54) is 12.1 Å². The summed E-state index contributed by atoms with van der Waals surface area (Å²) in [6, 6.07) is 12.9. The molecule has 0 saturated carbocycles. The van der Waals surface area contributed by atoms with Gasteiger partial charge in [0.2, 0.25) is 0 Å². The van der Waals surface area contributed by atoms with Crippen LogP contribution in [0.15, 0.2) is 57.7 Å². The van der Waals surface area contributed by atoms with Crippen molar-refractivity contribution in [3.8, 4) is 11.3 Å². The number of carbonyl (C=O) groups excluding carboxylic acids is 3. The van der Waals surface area contributed by atoms with Gasteiger partial charge in [0.25, 0.3) is 5.91 Å². The average Bonchev–Trinajstić information content (AvgIpc) is 2.78. The summed E-state index contributed by atoms with van der Waals surface area (Å²) in [6.45, 7) is 5.23. The van der Waals surface area contributed by atoms with Gasteiger partial charge in [0.15, 0.2) is 17.6 Å². The number of hydrogen-bond acceptors (Lipinski definition) is 6. The number of imide groups is 1. The largest absolute Gasteiger partial charge is 0.455 e. The highest BCUT2D eigenvalue weighted by Crippen LogP contribution is 2.27. The molecule has 0 saturated heterocycles. The predicted octanol–water partition coefficient (Wildman–Crippen LogP) is 3.41. The van der Waals surface area contributed by atoms with E-state index in [-0.39, 0.29) is 27.9 Å². The molecule has 0 unspecified atom stereocenters. The summed E-state index contributed by atoms with van der Waals surface area (Å²) in [5.74, 6) is -1.05. The first-order chi connectivity index (χ1) is 15.3. The van der Waals surface area contributed by atoms with Crippen LogP contribution in [0, 0.1) is 12.8 Å². The molecule has 0 aliphatic rings. The Morgan fingerprint density at radius 3 is 2.44 bits per heavy atom. The van der Waals surface area contributed by atoms with Crippen LogP contribution in [0.4, 0.5) is 4.79 Å². The number of fused-ring (bicyclic) bond motifs is 1. The molecule has 0 spiro atoms. The summed E-state index contributed by atoms with van der Waals surface area (Å²) in [5, 5.41) is 4.85. The Bertz CT molecular complexity index is 1210. The highest BCUT2D eigenvalue weighted by Gasteiger charge is 2.20. The molecule has 3 aromatic rings. The number of amides is 3. The molecule has 3 amide bonds. The Labute approximate surface area is 184 Å². The molecule has 0 fully saturated rings. The van der Waals surface area contributed by atoms with Crippen molar-refractivity contribution in [1.82, 2.24) is 10.6 Å². The minimum atomic E-state index is -0.848. The Morgan fingerprint density at radius 2 is 1.75 bits per heavy atom. The van der Waals surface area contributed by atoms with Gasteiger partial charge in [0, 0.05) is 17.7 Å². The van der Waals surface area contributed by atoms with Gasteiger partial charge in [0.05, 0.1) is 5.39 Å². The third kappa shape index (κ3) is 5.21. The summed E-state index contributed by atoms with van der Waals surface area (Å²) in [6.07, 6.45) is 0. The molecule has 0 radical (unpaired) electrons. The number of para-hydroxylation sites is 1. The van der Waals surface area contributed by atoms with Crippen LogP contribution in [0.1, 0.15) is 29.8 Å². The van der Waals surface area contributed by atoms with Crippen LogP contribution in [0.3, 0.4) is 0 Å². The van der Waals surface area contributed by atoms with Gasteiger partial charge in [0.1, 0.15) is 11.3 Å². The Kier molecular flexibility index (Phi) is 7.04. The van der Waals surface area contributed by atoms with E-state index in [1.54, 1.807) is 25.1 Å². The fourth-order valence-electron chi connectivity index (χ4n) is 3.05. The van der Waals surface area contributed by atoms with E-state index in [0.29, 0.717) is 23.4 Å². The first-order valence-corrected chi connectivity index (χ1v) is 10.1. The van der Waals surface area contributed by atoms with E-state index in [4.69, 9.17) is 9.15 Å². The number of nitrogens with one attached hydrogen (secondary N) is 2. The second kappa shape index (κ2) is 9.91. The molecule has 166 valence electrons. The van der Waals surface area contributed by atoms with Crippen LogP contribution in [-0.4, -0.2) is 31.1 Å². The molecule has 2 N–H and O–H groups in total. The molecular weight excluding hydrogens is 412 g/mol. The molecule has 2 aromatic carbocycles. The van der Waals surface area contributed by atoms with E-state index in [1.807, 2.05) is 32.0 Å². The molecule has 8 nitrogen and oxygen atoms in total. The first-order valence-electron chi connectivity index (χ1n) is 10.1. The van der Waals surface area contributed by atoms with Crippen molar-refractivity contribution in [1.29, 1.82) is 0 Å². The fraction of sp³-hybridized carbons (Fsp3) is 0.250. The van der Waals surface area contributed by atoms with Crippen molar-refractivity contribution in [2.75, 3.05) is 13.2 Å². The molecule has 0 atom stereocenters. The van der Waals surface area contributed by atoms with Crippen LogP contribution >= 0.6 is 0 Å². The van der Waals surface area contributed by atoms with Gasteiger partial charge >= 0.3 is 12.0 Å². The Morgan fingerprint density at radius 1 is 1.03 bits per heavy atom. The van der Waals surface area contributed by atoms with Gasteiger partial charge < -0.3 is 14.5 Å². The number of esters is 1. The molecule has 3 rings (SSSR count). The Balaban J connectivity index is 1.82. The van der Waals surface area contributed by atoms with Gasteiger partial charge in [-0.15, -0.1) is 0 Å². The molecular formula is C24H24N2O6. The maximum absolute atomic E-state index is 12.9. The van der Waals surface area contributed by atoms with Gasteiger partial charge in [-0.25, -0.2) is 9.59 Å². The average molecular weight is 436 g/mol. The first kappa shape index (κ1) is 22.7. The number of benzene rings is 2. The number of urea groups is 1. The van der Waals surface area contributed by atoms with Gasteiger partial charge in [-0.05, 0) is 25.0 Å². The maximum Gasteiger partial charge on any atom is 0.342 e. The number of ether oxygens (including phenoxy) is 1. The molecule has 0 aliphatic carbocycles. The van der Waals surface area contributed by atoms with Crippen molar-refractivity contribution < 1.29 is 23.5 Å². The van der Waals surface area contributed by atoms with Crippen LogP contribution in [0.5, 0.6) is 0 Å². The van der Waals surface area contributed by atoms with Crippen molar-refractivity contribution in [2.45, 2.75) is 20.8 Å². The van der Waals surface area contributed by atoms with Crippen LogP contribution < -0.4 is 16.1 Å².